The third-order valence-electron chi connectivity index (χ3n) is 4.08. The Hall–Kier alpha value is -2.08. The van der Waals surface area contributed by atoms with Gasteiger partial charge in [0.2, 0.25) is 5.91 Å². The molecule has 1 fully saturated rings. The van der Waals surface area contributed by atoms with Gasteiger partial charge in [0.05, 0.1) is 11.8 Å². The van der Waals surface area contributed by atoms with E-state index < -0.39 is 0 Å². The van der Waals surface area contributed by atoms with Crippen LogP contribution in [0.1, 0.15) is 28.1 Å². The highest BCUT2D eigenvalue weighted by molar-refractivity contribution is 7.09. The summed E-state index contributed by atoms with van der Waals surface area (Å²) >= 11 is 1.74. The van der Waals surface area contributed by atoms with E-state index in [1.807, 2.05) is 11.0 Å². The van der Waals surface area contributed by atoms with Crippen molar-refractivity contribution in [1.29, 1.82) is 0 Å². The standard InChI is InChI=1S/C17H20N2O3S/c20-16(5-1-3-15-4-2-12-23-15)18-7-9-19(10-8-18)17(21)14-6-11-22-13-14/h2,4,6,11-13H,1,3,5,7-10H2. The molecule has 2 aromatic rings. The zero-order chi connectivity index (χ0) is 16.1. The summed E-state index contributed by atoms with van der Waals surface area (Å²) in [5.74, 6) is 0.167. The summed E-state index contributed by atoms with van der Waals surface area (Å²) in [6, 6.07) is 5.82. The first-order valence-corrected chi connectivity index (χ1v) is 8.73. The average molecular weight is 332 g/mol. The van der Waals surface area contributed by atoms with Gasteiger partial charge in [0.1, 0.15) is 6.26 Å². The van der Waals surface area contributed by atoms with Gasteiger partial charge in [0.15, 0.2) is 0 Å². The number of aryl methyl sites for hydroxylation is 1. The molecule has 23 heavy (non-hydrogen) atoms. The third kappa shape index (κ3) is 4.01. The number of nitrogens with zero attached hydrogens (tertiary/aromatic N) is 2. The van der Waals surface area contributed by atoms with Crippen LogP contribution in [0.25, 0.3) is 0 Å². The Balaban J connectivity index is 1.41. The second-order valence-electron chi connectivity index (χ2n) is 5.62. The summed E-state index contributed by atoms with van der Waals surface area (Å²) in [7, 11) is 0. The number of carbonyl (C=O) groups is 2. The van der Waals surface area contributed by atoms with Crippen molar-refractivity contribution in [3.8, 4) is 0 Å². The lowest BCUT2D eigenvalue weighted by atomic mass is 10.2. The Bertz CT molecular complexity index is 629. The maximum Gasteiger partial charge on any atom is 0.257 e. The van der Waals surface area contributed by atoms with Crippen molar-refractivity contribution in [3.63, 3.8) is 0 Å². The lowest BCUT2D eigenvalue weighted by Crippen LogP contribution is -2.50. The van der Waals surface area contributed by atoms with E-state index in [9.17, 15) is 9.59 Å². The summed E-state index contributed by atoms with van der Waals surface area (Å²) < 4.78 is 4.95. The monoisotopic (exact) mass is 332 g/mol. The molecule has 122 valence electrons. The van der Waals surface area contributed by atoms with E-state index in [0.29, 0.717) is 38.2 Å². The number of amides is 2. The van der Waals surface area contributed by atoms with Gasteiger partial charge in [-0.3, -0.25) is 9.59 Å². The molecule has 1 saturated heterocycles. The fraction of sp³-hybridized carbons (Fsp3) is 0.412. The molecule has 1 aliphatic rings. The van der Waals surface area contributed by atoms with Gasteiger partial charge in [0.25, 0.3) is 5.91 Å². The van der Waals surface area contributed by atoms with E-state index in [4.69, 9.17) is 4.42 Å². The Morgan fingerprint density at radius 2 is 1.91 bits per heavy atom. The molecule has 3 heterocycles. The number of hydrogen-bond acceptors (Lipinski definition) is 4. The molecule has 0 bridgehead atoms. The number of thiophene rings is 1. The minimum absolute atomic E-state index is 0.0245. The Morgan fingerprint density at radius 1 is 1.13 bits per heavy atom. The van der Waals surface area contributed by atoms with Crippen molar-refractivity contribution < 1.29 is 14.0 Å². The summed E-state index contributed by atoms with van der Waals surface area (Å²) in [6.07, 6.45) is 5.38. The molecule has 0 saturated carbocycles. The molecule has 0 atom stereocenters. The topological polar surface area (TPSA) is 53.8 Å². The first-order chi connectivity index (χ1) is 11.2. The largest absolute Gasteiger partial charge is 0.472 e. The fourth-order valence-electron chi connectivity index (χ4n) is 2.75. The van der Waals surface area contributed by atoms with Crippen LogP contribution in [0, 0.1) is 0 Å². The normalized spacial score (nSPS) is 15.0. The molecule has 0 aromatic carbocycles. The molecule has 0 N–H and O–H groups in total. The maximum atomic E-state index is 12.2. The van der Waals surface area contributed by atoms with Gasteiger partial charge in [-0.15, -0.1) is 11.3 Å². The van der Waals surface area contributed by atoms with E-state index in [0.717, 1.165) is 12.8 Å². The quantitative estimate of drug-likeness (QED) is 0.846. The van der Waals surface area contributed by atoms with Crippen molar-refractivity contribution in [2.45, 2.75) is 19.3 Å². The second kappa shape index (κ2) is 7.46. The molecular weight excluding hydrogens is 312 g/mol. The number of hydrogen-bond donors (Lipinski definition) is 0. The van der Waals surface area contributed by atoms with Gasteiger partial charge >= 0.3 is 0 Å². The fourth-order valence-corrected chi connectivity index (χ4v) is 3.51. The van der Waals surface area contributed by atoms with Crippen molar-refractivity contribution in [1.82, 2.24) is 9.80 Å². The molecule has 1 aliphatic heterocycles. The molecule has 0 aliphatic carbocycles. The first kappa shape index (κ1) is 15.8. The molecule has 2 amide bonds. The van der Waals surface area contributed by atoms with Crippen molar-refractivity contribution in [2.75, 3.05) is 26.2 Å². The van der Waals surface area contributed by atoms with E-state index in [1.165, 1.54) is 17.4 Å². The minimum atomic E-state index is -0.0245. The van der Waals surface area contributed by atoms with Crippen molar-refractivity contribution in [2.24, 2.45) is 0 Å². The number of rotatable bonds is 5. The molecule has 0 unspecified atom stereocenters. The summed E-state index contributed by atoms with van der Waals surface area (Å²) in [6.45, 7) is 2.39. The molecule has 2 aromatic heterocycles. The van der Waals surface area contributed by atoms with Crippen LogP contribution in [-0.4, -0.2) is 47.8 Å². The average Bonchev–Trinajstić information content (AvgIpc) is 3.28. The van der Waals surface area contributed by atoms with Gasteiger partial charge in [-0.1, -0.05) is 6.07 Å². The molecular formula is C17H20N2O3S. The number of carbonyl (C=O) groups excluding carboxylic acids is 2. The van der Waals surface area contributed by atoms with Crippen LogP contribution in [-0.2, 0) is 11.2 Å². The SMILES string of the molecule is O=C(CCCc1cccs1)N1CCN(C(=O)c2ccoc2)CC1. The Labute approximate surface area is 139 Å². The van der Waals surface area contributed by atoms with Gasteiger partial charge in [0, 0.05) is 37.5 Å². The van der Waals surface area contributed by atoms with Crippen LogP contribution in [0.4, 0.5) is 0 Å². The Morgan fingerprint density at radius 3 is 2.57 bits per heavy atom. The van der Waals surface area contributed by atoms with Crippen LogP contribution in [0.3, 0.4) is 0 Å². The molecule has 3 rings (SSSR count). The van der Waals surface area contributed by atoms with Gasteiger partial charge in [-0.05, 0) is 30.4 Å². The van der Waals surface area contributed by atoms with Crippen LogP contribution >= 0.6 is 11.3 Å². The molecule has 0 radical (unpaired) electrons. The second-order valence-corrected chi connectivity index (χ2v) is 6.65. The van der Waals surface area contributed by atoms with Gasteiger partial charge in [-0.25, -0.2) is 0 Å². The predicted octanol–water partition coefficient (Wildman–Crippen LogP) is 2.65. The van der Waals surface area contributed by atoms with Gasteiger partial charge < -0.3 is 14.2 Å². The van der Waals surface area contributed by atoms with Crippen LogP contribution in [0.5, 0.6) is 0 Å². The van der Waals surface area contributed by atoms with E-state index in [-0.39, 0.29) is 11.8 Å². The van der Waals surface area contributed by atoms with E-state index in [2.05, 4.69) is 11.4 Å². The van der Waals surface area contributed by atoms with Crippen molar-refractivity contribution >= 4 is 23.2 Å². The van der Waals surface area contributed by atoms with Gasteiger partial charge in [-0.2, -0.15) is 0 Å². The predicted molar refractivity (Wildman–Crippen MR) is 88.4 cm³/mol. The highest BCUT2D eigenvalue weighted by Gasteiger charge is 2.24. The summed E-state index contributed by atoms with van der Waals surface area (Å²) in [4.78, 5) is 29.4. The highest BCUT2D eigenvalue weighted by Crippen LogP contribution is 2.14. The molecule has 5 nitrogen and oxygen atoms in total. The molecule has 0 spiro atoms. The maximum absolute atomic E-state index is 12.2. The van der Waals surface area contributed by atoms with E-state index in [1.54, 1.807) is 22.3 Å². The Kier molecular flexibility index (Phi) is 5.12. The third-order valence-corrected chi connectivity index (χ3v) is 5.02. The van der Waals surface area contributed by atoms with Crippen molar-refractivity contribution in [3.05, 3.63) is 46.5 Å². The lowest BCUT2D eigenvalue weighted by molar-refractivity contribution is -0.132. The zero-order valence-corrected chi connectivity index (χ0v) is 13.8. The number of furan rings is 1. The van der Waals surface area contributed by atoms with Crippen LogP contribution in [0.15, 0.2) is 40.5 Å². The zero-order valence-electron chi connectivity index (χ0n) is 12.9. The highest BCUT2D eigenvalue weighted by atomic mass is 32.1. The summed E-state index contributed by atoms with van der Waals surface area (Å²) in [5.41, 5.74) is 0.570. The molecule has 6 heteroatoms. The van der Waals surface area contributed by atoms with E-state index >= 15 is 0 Å². The smallest absolute Gasteiger partial charge is 0.257 e. The number of piperazine rings is 1. The van der Waals surface area contributed by atoms with Crippen LogP contribution in [0.2, 0.25) is 0 Å². The van der Waals surface area contributed by atoms with Crippen LogP contribution < -0.4 is 0 Å². The lowest BCUT2D eigenvalue weighted by Gasteiger charge is -2.34. The summed E-state index contributed by atoms with van der Waals surface area (Å²) in [5, 5.41) is 2.06. The first-order valence-electron chi connectivity index (χ1n) is 7.85. The minimum Gasteiger partial charge on any atom is -0.472 e.